The van der Waals surface area contributed by atoms with Gasteiger partial charge in [-0.05, 0) is 42.4 Å². The van der Waals surface area contributed by atoms with E-state index in [-0.39, 0.29) is 22.1 Å². The summed E-state index contributed by atoms with van der Waals surface area (Å²) in [5.74, 6) is -0.168. The van der Waals surface area contributed by atoms with Crippen LogP contribution in [0.5, 0.6) is 0 Å². The van der Waals surface area contributed by atoms with Crippen LogP contribution in [0.2, 0.25) is 5.02 Å². The van der Waals surface area contributed by atoms with Crippen LogP contribution in [0.4, 0.5) is 4.39 Å². The summed E-state index contributed by atoms with van der Waals surface area (Å²) in [7, 11) is 0. The lowest BCUT2D eigenvalue weighted by molar-refractivity contribution is 0.0539. The van der Waals surface area contributed by atoms with E-state index in [2.05, 4.69) is 20.8 Å². The fourth-order valence-corrected chi connectivity index (χ4v) is 3.53. The Morgan fingerprint density at radius 2 is 2.11 bits per heavy atom. The quantitative estimate of drug-likeness (QED) is 0.688. The first-order chi connectivity index (χ1) is 8.83. The van der Waals surface area contributed by atoms with Gasteiger partial charge in [-0.3, -0.25) is 4.79 Å². The van der Waals surface area contributed by atoms with Crippen LogP contribution in [0.1, 0.15) is 50.4 Å². The molecule has 1 nitrogen and oxygen atoms in total. The second kappa shape index (κ2) is 5.24. The number of carbonyl (C=O) groups excluding carboxylic acids is 1. The number of ketones is 1. The van der Waals surface area contributed by atoms with Gasteiger partial charge in [0.2, 0.25) is 0 Å². The Kier molecular flexibility index (Phi) is 4.00. The first kappa shape index (κ1) is 14.5. The van der Waals surface area contributed by atoms with Crippen LogP contribution in [-0.4, -0.2) is 5.78 Å². The Morgan fingerprint density at radius 3 is 2.68 bits per heavy atom. The molecule has 1 aliphatic carbocycles. The Labute approximate surface area is 119 Å². The molecule has 0 aromatic heterocycles. The van der Waals surface area contributed by atoms with Gasteiger partial charge in [-0.25, -0.2) is 4.39 Å². The third kappa shape index (κ3) is 2.84. The number of benzene rings is 1. The van der Waals surface area contributed by atoms with Crippen LogP contribution in [0.3, 0.4) is 0 Å². The standard InChI is InChI=1S/C16H20ClFO/c1-10-5-4-8-16(2,3)14(10)15(19)11-6-7-12(17)13(18)9-11/h6-7,9-10,14H,4-5,8H2,1-3H3/t10-,14+/m0/s1. The van der Waals surface area contributed by atoms with Crippen molar-refractivity contribution in [2.45, 2.75) is 40.0 Å². The van der Waals surface area contributed by atoms with Gasteiger partial charge in [0.05, 0.1) is 5.02 Å². The predicted octanol–water partition coefficient (Wildman–Crippen LogP) is 5.12. The molecular weight excluding hydrogens is 263 g/mol. The molecule has 3 heteroatoms. The van der Waals surface area contributed by atoms with Gasteiger partial charge in [-0.2, -0.15) is 0 Å². The summed E-state index contributed by atoms with van der Waals surface area (Å²) in [5, 5.41) is 0.0625. The molecule has 2 rings (SSSR count). The molecule has 1 saturated carbocycles. The van der Waals surface area contributed by atoms with Crippen molar-refractivity contribution in [2.24, 2.45) is 17.3 Å². The maximum atomic E-state index is 13.5. The molecular formula is C16H20ClFO. The predicted molar refractivity (Wildman–Crippen MR) is 76.0 cm³/mol. The van der Waals surface area contributed by atoms with E-state index in [0.717, 1.165) is 19.3 Å². The zero-order valence-electron chi connectivity index (χ0n) is 11.7. The van der Waals surface area contributed by atoms with Gasteiger partial charge in [0.1, 0.15) is 5.82 Å². The minimum Gasteiger partial charge on any atom is -0.294 e. The summed E-state index contributed by atoms with van der Waals surface area (Å²) < 4.78 is 13.5. The van der Waals surface area contributed by atoms with Gasteiger partial charge < -0.3 is 0 Å². The summed E-state index contributed by atoms with van der Waals surface area (Å²) in [4.78, 5) is 12.7. The second-order valence-corrected chi connectivity index (χ2v) is 6.74. The van der Waals surface area contributed by atoms with Gasteiger partial charge in [0, 0.05) is 11.5 Å². The molecule has 1 aromatic rings. The summed E-state index contributed by atoms with van der Waals surface area (Å²) in [6.45, 7) is 6.39. The van der Waals surface area contributed by atoms with E-state index in [1.165, 1.54) is 12.1 Å². The normalized spacial score (nSPS) is 26.2. The van der Waals surface area contributed by atoms with Crippen LogP contribution >= 0.6 is 11.6 Å². The zero-order valence-corrected chi connectivity index (χ0v) is 12.4. The molecule has 0 spiro atoms. The van der Waals surface area contributed by atoms with Gasteiger partial charge >= 0.3 is 0 Å². The Hall–Kier alpha value is -0.890. The molecule has 2 atom stereocenters. The fraction of sp³-hybridized carbons (Fsp3) is 0.562. The molecule has 0 aliphatic heterocycles. The van der Waals surface area contributed by atoms with E-state index >= 15 is 0 Å². The second-order valence-electron chi connectivity index (χ2n) is 6.33. The molecule has 1 aromatic carbocycles. The number of Topliss-reactive ketones (excluding diaryl/α,β-unsaturated/α-hetero) is 1. The molecule has 0 radical (unpaired) electrons. The summed E-state index contributed by atoms with van der Waals surface area (Å²) in [6, 6.07) is 4.36. The highest BCUT2D eigenvalue weighted by molar-refractivity contribution is 6.30. The average molecular weight is 283 g/mol. The average Bonchev–Trinajstić information content (AvgIpc) is 2.31. The molecule has 0 heterocycles. The van der Waals surface area contributed by atoms with Crippen LogP contribution in [0.25, 0.3) is 0 Å². The molecule has 19 heavy (non-hydrogen) atoms. The summed E-state index contributed by atoms with van der Waals surface area (Å²) in [5.41, 5.74) is 0.416. The minimum atomic E-state index is -0.520. The third-order valence-corrected chi connectivity index (χ3v) is 4.68. The van der Waals surface area contributed by atoms with Crippen LogP contribution in [0.15, 0.2) is 18.2 Å². The topological polar surface area (TPSA) is 17.1 Å². The molecule has 1 aliphatic rings. The van der Waals surface area contributed by atoms with Crippen molar-refractivity contribution in [3.63, 3.8) is 0 Å². The Morgan fingerprint density at radius 1 is 1.42 bits per heavy atom. The first-order valence-electron chi connectivity index (χ1n) is 6.82. The SMILES string of the molecule is C[C@H]1CCCC(C)(C)[C@H]1C(=O)c1ccc(Cl)c(F)c1. The van der Waals surface area contributed by atoms with Crippen LogP contribution < -0.4 is 0 Å². The largest absolute Gasteiger partial charge is 0.294 e. The Balaban J connectivity index is 2.33. The lowest BCUT2D eigenvalue weighted by atomic mass is 9.62. The van der Waals surface area contributed by atoms with E-state index < -0.39 is 5.82 Å². The van der Waals surface area contributed by atoms with Crippen LogP contribution in [0, 0.1) is 23.1 Å². The molecule has 104 valence electrons. The van der Waals surface area contributed by atoms with E-state index in [4.69, 9.17) is 11.6 Å². The maximum absolute atomic E-state index is 13.5. The monoisotopic (exact) mass is 282 g/mol. The number of carbonyl (C=O) groups is 1. The molecule has 1 fully saturated rings. The van der Waals surface area contributed by atoms with E-state index in [1.54, 1.807) is 6.07 Å². The molecule has 0 unspecified atom stereocenters. The van der Waals surface area contributed by atoms with Crippen molar-refractivity contribution in [3.05, 3.63) is 34.6 Å². The minimum absolute atomic E-state index is 0.0230. The van der Waals surface area contributed by atoms with Crippen molar-refractivity contribution in [2.75, 3.05) is 0 Å². The molecule has 0 bridgehead atoms. The molecule has 0 saturated heterocycles. The number of halogens is 2. The van der Waals surface area contributed by atoms with Crippen molar-refractivity contribution in [1.29, 1.82) is 0 Å². The first-order valence-corrected chi connectivity index (χ1v) is 7.20. The number of rotatable bonds is 2. The van der Waals surface area contributed by atoms with Gasteiger partial charge in [-0.1, -0.05) is 38.8 Å². The maximum Gasteiger partial charge on any atom is 0.166 e. The molecule has 0 N–H and O–H groups in total. The fourth-order valence-electron chi connectivity index (χ4n) is 3.41. The van der Waals surface area contributed by atoms with Crippen LogP contribution in [-0.2, 0) is 0 Å². The van der Waals surface area contributed by atoms with Crippen molar-refractivity contribution in [1.82, 2.24) is 0 Å². The number of hydrogen-bond donors (Lipinski definition) is 0. The van der Waals surface area contributed by atoms with Gasteiger partial charge in [0.15, 0.2) is 5.78 Å². The lowest BCUT2D eigenvalue weighted by Crippen LogP contribution is -2.39. The van der Waals surface area contributed by atoms with Crippen molar-refractivity contribution >= 4 is 17.4 Å². The van der Waals surface area contributed by atoms with E-state index in [9.17, 15) is 9.18 Å². The Bertz CT molecular complexity index is 496. The summed E-state index contributed by atoms with van der Waals surface area (Å²) >= 11 is 5.67. The van der Waals surface area contributed by atoms with E-state index in [1.807, 2.05) is 0 Å². The highest BCUT2D eigenvalue weighted by atomic mass is 35.5. The van der Waals surface area contributed by atoms with Crippen molar-refractivity contribution in [3.8, 4) is 0 Å². The summed E-state index contributed by atoms with van der Waals surface area (Å²) in [6.07, 6.45) is 3.27. The zero-order chi connectivity index (χ0) is 14.2. The highest BCUT2D eigenvalue weighted by Crippen LogP contribution is 2.45. The molecule has 0 amide bonds. The van der Waals surface area contributed by atoms with Crippen molar-refractivity contribution < 1.29 is 9.18 Å². The highest BCUT2D eigenvalue weighted by Gasteiger charge is 2.41. The third-order valence-electron chi connectivity index (χ3n) is 4.38. The number of hydrogen-bond acceptors (Lipinski definition) is 1. The lowest BCUT2D eigenvalue weighted by Gasteiger charge is -2.42. The van der Waals surface area contributed by atoms with Gasteiger partial charge in [0.25, 0.3) is 0 Å². The van der Waals surface area contributed by atoms with E-state index in [0.29, 0.717) is 11.5 Å². The smallest absolute Gasteiger partial charge is 0.166 e. The van der Waals surface area contributed by atoms with Gasteiger partial charge in [-0.15, -0.1) is 0 Å².